The lowest BCUT2D eigenvalue weighted by atomic mass is 10.1. The number of halogens is 2. The predicted octanol–water partition coefficient (Wildman–Crippen LogP) is 4.73. The number of aryl methyl sites for hydroxylation is 1. The molecule has 0 aliphatic heterocycles. The second-order valence-electron chi connectivity index (χ2n) is 4.52. The summed E-state index contributed by atoms with van der Waals surface area (Å²) in [6.07, 6.45) is 1.02. The van der Waals surface area contributed by atoms with Gasteiger partial charge in [0.05, 0.1) is 15.9 Å². The number of nitrogens with one attached hydrogen (secondary N) is 2. The Bertz CT molecular complexity index is 818. The molecule has 6 heteroatoms. The minimum absolute atomic E-state index is 0.120. The minimum Gasteiger partial charge on any atom is -0.306 e. The molecule has 3 aromatic rings. The molecule has 0 saturated carbocycles. The highest BCUT2D eigenvalue weighted by Gasteiger charge is 2.19. The molecule has 2 aromatic heterocycles. The van der Waals surface area contributed by atoms with E-state index in [1.807, 2.05) is 12.1 Å². The normalized spacial score (nSPS) is 12.9. The molecule has 1 aromatic carbocycles. The molecule has 0 fully saturated rings. The van der Waals surface area contributed by atoms with E-state index in [2.05, 4.69) is 60.2 Å². The smallest absolute Gasteiger partial charge is 0.306 e. The summed E-state index contributed by atoms with van der Waals surface area (Å²) >= 11 is 9.13. The fourth-order valence-electron chi connectivity index (χ4n) is 2.27. The van der Waals surface area contributed by atoms with Gasteiger partial charge in [-0.05, 0) is 41.1 Å². The number of thiophene rings is 1. The highest BCUT2D eigenvalue weighted by molar-refractivity contribution is 9.11. The van der Waals surface area contributed by atoms with Crippen LogP contribution in [0.4, 0.5) is 0 Å². The fourth-order valence-corrected chi connectivity index (χ4v) is 5.14. The first kappa shape index (κ1) is 14.1. The van der Waals surface area contributed by atoms with E-state index >= 15 is 0 Å². The maximum absolute atomic E-state index is 11.4. The third-order valence-electron chi connectivity index (χ3n) is 3.30. The molecule has 0 spiro atoms. The molecule has 0 radical (unpaired) electrons. The molecule has 0 aliphatic rings. The monoisotopic (exact) mass is 414 g/mol. The van der Waals surface area contributed by atoms with Crippen molar-refractivity contribution >= 4 is 54.2 Å². The van der Waals surface area contributed by atoms with Gasteiger partial charge in [0.15, 0.2) is 0 Å². The maximum atomic E-state index is 11.4. The van der Waals surface area contributed by atoms with Crippen molar-refractivity contribution in [3.8, 4) is 0 Å². The van der Waals surface area contributed by atoms with Crippen LogP contribution in [0.1, 0.15) is 27.8 Å². The van der Waals surface area contributed by atoms with Crippen LogP contribution in [0.5, 0.6) is 0 Å². The number of aromatic nitrogens is 2. The van der Waals surface area contributed by atoms with Crippen LogP contribution in [0.2, 0.25) is 0 Å². The molecule has 0 bridgehead atoms. The Morgan fingerprint density at radius 2 is 2.00 bits per heavy atom. The van der Waals surface area contributed by atoms with Crippen LogP contribution in [0.15, 0.2) is 32.8 Å². The zero-order valence-electron chi connectivity index (χ0n) is 10.7. The van der Waals surface area contributed by atoms with Crippen molar-refractivity contribution in [3.05, 3.63) is 54.5 Å². The number of benzene rings is 1. The number of imidazole rings is 1. The van der Waals surface area contributed by atoms with Crippen molar-refractivity contribution in [1.82, 2.24) is 9.97 Å². The first-order valence-electron chi connectivity index (χ1n) is 6.22. The van der Waals surface area contributed by atoms with Crippen LogP contribution in [-0.2, 0) is 6.42 Å². The Labute approximate surface area is 136 Å². The van der Waals surface area contributed by atoms with Crippen LogP contribution in [0.3, 0.4) is 0 Å². The van der Waals surface area contributed by atoms with Crippen molar-refractivity contribution in [2.75, 3.05) is 0 Å². The molecule has 20 heavy (non-hydrogen) atoms. The van der Waals surface area contributed by atoms with Gasteiger partial charge in [-0.2, -0.15) is 0 Å². The molecule has 2 heterocycles. The Morgan fingerprint density at radius 3 is 2.70 bits per heavy atom. The zero-order valence-corrected chi connectivity index (χ0v) is 14.7. The minimum atomic E-state index is -0.180. The van der Waals surface area contributed by atoms with Crippen LogP contribution in [0, 0.1) is 0 Å². The van der Waals surface area contributed by atoms with Crippen LogP contribution in [-0.4, -0.2) is 9.97 Å². The molecule has 3 nitrogen and oxygen atoms in total. The lowest BCUT2D eigenvalue weighted by Gasteiger charge is -2.13. The number of H-pyrrole nitrogens is 2. The van der Waals surface area contributed by atoms with Crippen molar-refractivity contribution in [1.29, 1.82) is 0 Å². The molecule has 2 N–H and O–H groups in total. The Balaban J connectivity index is 2.13. The largest absolute Gasteiger partial charge is 0.323 e. The van der Waals surface area contributed by atoms with Gasteiger partial charge in [0.1, 0.15) is 0 Å². The fraction of sp³-hybridized carbons (Fsp3) is 0.214. The average molecular weight is 416 g/mol. The standard InChI is InChI=1S/C14H12Br2N2OS/c1-2-7-3-4-20-13(7)12(16)8-5-10-11(6-9(8)15)18-14(19)17-10/h3-6,12H,2H2,1H3,(H2,17,18,19). The molecule has 1 unspecified atom stereocenters. The van der Waals surface area contributed by atoms with Gasteiger partial charge in [0, 0.05) is 9.35 Å². The number of hydrogen-bond donors (Lipinski definition) is 2. The first-order valence-corrected chi connectivity index (χ1v) is 8.80. The lowest BCUT2D eigenvalue weighted by molar-refractivity contribution is 1.09. The molecular weight excluding hydrogens is 404 g/mol. The Hall–Kier alpha value is -0.850. The van der Waals surface area contributed by atoms with Gasteiger partial charge in [-0.1, -0.05) is 38.8 Å². The maximum Gasteiger partial charge on any atom is 0.323 e. The predicted molar refractivity (Wildman–Crippen MR) is 91.1 cm³/mol. The van der Waals surface area contributed by atoms with Crippen molar-refractivity contribution < 1.29 is 0 Å². The summed E-state index contributed by atoms with van der Waals surface area (Å²) in [4.78, 5) is 18.4. The van der Waals surface area contributed by atoms with E-state index < -0.39 is 0 Å². The summed E-state index contributed by atoms with van der Waals surface area (Å²) in [5, 5.41) is 2.12. The lowest BCUT2D eigenvalue weighted by Crippen LogP contribution is -1.99. The third-order valence-corrected chi connectivity index (χ3v) is 6.26. The first-order chi connectivity index (χ1) is 9.60. The third kappa shape index (κ3) is 2.40. The number of aromatic amines is 2. The summed E-state index contributed by atoms with van der Waals surface area (Å²) in [7, 11) is 0. The zero-order chi connectivity index (χ0) is 14.3. The summed E-state index contributed by atoms with van der Waals surface area (Å²) in [5.74, 6) is 0. The Morgan fingerprint density at radius 1 is 1.30 bits per heavy atom. The van der Waals surface area contributed by atoms with Gasteiger partial charge in [-0.15, -0.1) is 11.3 Å². The van der Waals surface area contributed by atoms with Gasteiger partial charge in [-0.25, -0.2) is 4.79 Å². The summed E-state index contributed by atoms with van der Waals surface area (Å²) in [6, 6.07) is 6.12. The van der Waals surface area contributed by atoms with E-state index in [9.17, 15) is 4.79 Å². The summed E-state index contributed by atoms with van der Waals surface area (Å²) in [6.45, 7) is 2.16. The van der Waals surface area contributed by atoms with E-state index in [0.29, 0.717) is 0 Å². The molecule has 0 amide bonds. The highest BCUT2D eigenvalue weighted by Crippen LogP contribution is 2.40. The van der Waals surface area contributed by atoms with Crippen molar-refractivity contribution in [3.63, 3.8) is 0 Å². The van der Waals surface area contributed by atoms with Gasteiger partial charge >= 0.3 is 5.69 Å². The highest BCUT2D eigenvalue weighted by atomic mass is 79.9. The van der Waals surface area contributed by atoms with Gasteiger partial charge in [0.25, 0.3) is 0 Å². The second-order valence-corrected chi connectivity index (χ2v) is 7.24. The van der Waals surface area contributed by atoms with Crippen molar-refractivity contribution in [2.45, 2.75) is 18.2 Å². The number of alkyl halides is 1. The van der Waals surface area contributed by atoms with E-state index in [4.69, 9.17) is 0 Å². The molecule has 3 rings (SSSR count). The van der Waals surface area contributed by atoms with Crippen molar-refractivity contribution in [2.24, 2.45) is 0 Å². The number of fused-ring (bicyclic) bond motifs is 1. The summed E-state index contributed by atoms with van der Waals surface area (Å²) in [5.41, 5.74) is 3.93. The van der Waals surface area contributed by atoms with E-state index in [1.165, 1.54) is 10.4 Å². The molecular formula is C14H12Br2N2OS. The molecule has 0 aliphatic carbocycles. The van der Waals surface area contributed by atoms with Crippen LogP contribution < -0.4 is 5.69 Å². The average Bonchev–Trinajstić information content (AvgIpc) is 3.01. The van der Waals surface area contributed by atoms with Gasteiger partial charge < -0.3 is 9.97 Å². The van der Waals surface area contributed by atoms with Gasteiger partial charge in [0.2, 0.25) is 0 Å². The van der Waals surface area contributed by atoms with Crippen LogP contribution in [0.25, 0.3) is 11.0 Å². The van der Waals surface area contributed by atoms with E-state index in [-0.39, 0.29) is 10.5 Å². The van der Waals surface area contributed by atoms with E-state index in [1.54, 1.807) is 11.3 Å². The van der Waals surface area contributed by atoms with Gasteiger partial charge in [-0.3, -0.25) is 0 Å². The number of hydrogen-bond acceptors (Lipinski definition) is 2. The van der Waals surface area contributed by atoms with E-state index in [0.717, 1.165) is 27.5 Å². The number of rotatable bonds is 3. The Kier molecular flexibility index (Phi) is 3.88. The quantitative estimate of drug-likeness (QED) is 0.597. The second kappa shape index (κ2) is 5.50. The topological polar surface area (TPSA) is 48.6 Å². The summed E-state index contributed by atoms with van der Waals surface area (Å²) < 4.78 is 0.984. The molecule has 104 valence electrons. The van der Waals surface area contributed by atoms with Crippen LogP contribution >= 0.6 is 43.2 Å². The molecule has 1 atom stereocenters. The molecule has 0 saturated heterocycles. The SMILES string of the molecule is CCc1ccsc1C(Br)c1cc2[nH]c(=O)[nH]c2cc1Br.